The Morgan fingerprint density at radius 1 is 1.28 bits per heavy atom. The molecule has 0 fully saturated rings. The molecule has 0 atom stereocenters. The highest BCUT2D eigenvalue weighted by Crippen LogP contribution is 2.27. The summed E-state index contributed by atoms with van der Waals surface area (Å²) in [7, 11) is 0. The Morgan fingerprint density at radius 2 is 2.06 bits per heavy atom. The van der Waals surface area contributed by atoms with Gasteiger partial charge in [-0.05, 0) is 38.2 Å². The predicted molar refractivity (Wildman–Crippen MR) is 77.2 cm³/mol. The normalized spacial score (nSPS) is 11.4. The lowest BCUT2D eigenvalue weighted by Gasteiger charge is -2.04. The van der Waals surface area contributed by atoms with Crippen molar-refractivity contribution in [1.29, 1.82) is 0 Å². The summed E-state index contributed by atoms with van der Waals surface area (Å²) in [4.78, 5) is 0.439. The van der Waals surface area contributed by atoms with E-state index in [0.717, 1.165) is 33.4 Å². The maximum atomic E-state index is 5.77. The van der Waals surface area contributed by atoms with E-state index in [1.807, 2.05) is 36.7 Å². The second-order valence-electron chi connectivity index (χ2n) is 4.18. The monoisotopic (exact) mass is 276 g/mol. The van der Waals surface area contributed by atoms with Gasteiger partial charge in [0.2, 0.25) is 0 Å². The SMILES string of the molecule is CCn1c(=S)oc2c(C)c3ccccn3c2c1=S. The molecule has 3 heterocycles. The third kappa shape index (κ3) is 1.41. The molecule has 0 radical (unpaired) electrons. The van der Waals surface area contributed by atoms with Gasteiger partial charge in [0.1, 0.15) is 10.2 Å². The molecular weight excluding hydrogens is 264 g/mol. The van der Waals surface area contributed by atoms with Gasteiger partial charge >= 0.3 is 0 Å². The van der Waals surface area contributed by atoms with Crippen molar-refractivity contribution in [2.24, 2.45) is 0 Å². The molecule has 3 aromatic heterocycles. The molecule has 5 heteroatoms. The lowest BCUT2D eigenvalue weighted by molar-refractivity contribution is 0.498. The first-order valence-electron chi connectivity index (χ1n) is 5.78. The van der Waals surface area contributed by atoms with E-state index in [1.54, 1.807) is 0 Å². The first-order valence-corrected chi connectivity index (χ1v) is 6.60. The van der Waals surface area contributed by atoms with Gasteiger partial charge in [-0.15, -0.1) is 0 Å². The number of aryl methyl sites for hydroxylation is 1. The average Bonchev–Trinajstić information content (AvgIpc) is 2.64. The Kier molecular flexibility index (Phi) is 2.60. The van der Waals surface area contributed by atoms with Crippen LogP contribution in [-0.4, -0.2) is 8.97 Å². The van der Waals surface area contributed by atoms with Gasteiger partial charge in [-0.2, -0.15) is 0 Å². The van der Waals surface area contributed by atoms with Gasteiger partial charge in [-0.3, -0.25) is 4.57 Å². The Balaban J connectivity index is 2.71. The highest BCUT2D eigenvalue weighted by atomic mass is 32.1. The Bertz CT molecular complexity index is 870. The predicted octanol–water partition coefficient (Wildman–Crippen LogP) is 4.27. The van der Waals surface area contributed by atoms with E-state index in [2.05, 4.69) is 10.5 Å². The van der Waals surface area contributed by atoms with Crippen LogP contribution in [0.2, 0.25) is 0 Å². The third-order valence-electron chi connectivity index (χ3n) is 3.21. The fourth-order valence-electron chi connectivity index (χ4n) is 2.30. The maximum absolute atomic E-state index is 5.77. The summed E-state index contributed by atoms with van der Waals surface area (Å²) in [6, 6.07) is 6.05. The van der Waals surface area contributed by atoms with Crippen LogP contribution in [0.1, 0.15) is 12.5 Å². The first kappa shape index (κ1) is 11.6. The van der Waals surface area contributed by atoms with Crippen LogP contribution < -0.4 is 0 Å². The van der Waals surface area contributed by atoms with Crippen molar-refractivity contribution >= 4 is 41.1 Å². The summed E-state index contributed by atoms with van der Waals surface area (Å²) < 4.78 is 10.4. The topological polar surface area (TPSA) is 22.5 Å². The summed E-state index contributed by atoms with van der Waals surface area (Å²) in [6.45, 7) is 4.76. The van der Waals surface area contributed by atoms with Crippen LogP contribution in [0.5, 0.6) is 0 Å². The Labute approximate surface area is 114 Å². The van der Waals surface area contributed by atoms with Crippen molar-refractivity contribution in [3.05, 3.63) is 39.4 Å². The minimum atomic E-state index is 0.439. The summed E-state index contributed by atoms with van der Waals surface area (Å²) in [5, 5.41) is 0. The van der Waals surface area contributed by atoms with E-state index in [4.69, 9.17) is 28.9 Å². The molecule has 3 rings (SSSR count). The maximum Gasteiger partial charge on any atom is 0.270 e. The zero-order valence-corrected chi connectivity index (χ0v) is 11.8. The summed E-state index contributed by atoms with van der Waals surface area (Å²) >= 11 is 10.8. The molecule has 0 saturated heterocycles. The van der Waals surface area contributed by atoms with Crippen molar-refractivity contribution in [3.8, 4) is 0 Å². The lowest BCUT2D eigenvalue weighted by atomic mass is 10.3. The number of nitrogens with zero attached hydrogens (tertiary/aromatic N) is 2. The van der Waals surface area contributed by atoms with Crippen LogP contribution in [0, 0.1) is 16.4 Å². The lowest BCUT2D eigenvalue weighted by Crippen LogP contribution is -2.00. The number of rotatable bonds is 1. The molecule has 0 aromatic carbocycles. The third-order valence-corrected chi connectivity index (χ3v) is 3.93. The van der Waals surface area contributed by atoms with Crippen LogP contribution in [0.15, 0.2) is 28.8 Å². The van der Waals surface area contributed by atoms with E-state index >= 15 is 0 Å². The molecular formula is C13H12N2OS2. The fraction of sp³-hybridized carbons (Fsp3) is 0.231. The summed E-state index contributed by atoms with van der Waals surface area (Å²) in [5.41, 5.74) is 3.89. The van der Waals surface area contributed by atoms with E-state index in [0.29, 0.717) is 4.84 Å². The highest BCUT2D eigenvalue weighted by molar-refractivity contribution is 7.72. The van der Waals surface area contributed by atoms with E-state index in [9.17, 15) is 0 Å². The van der Waals surface area contributed by atoms with Crippen LogP contribution in [0.4, 0.5) is 0 Å². The number of aromatic nitrogens is 2. The zero-order valence-electron chi connectivity index (χ0n) is 10.1. The van der Waals surface area contributed by atoms with Gasteiger partial charge in [-0.25, -0.2) is 0 Å². The second-order valence-corrected chi connectivity index (χ2v) is 4.91. The molecule has 0 amide bonds. The van der Waals surface area contributed by atoms with Crippen LogP contribution in [-0.2, 0) is 6.54 Å². The molecule has 0 unspecified atom stereocenters. The largest absolute Gasteiger partial charge is 0.429 e. The van der Waals surface area contributed by atoms with Crippen LogP contribution in [0.3, 0.4) is 0 Å². The molecule has 0 aliphatic heterocycles. The van der Waals surface area contributed by atoms with Gasteiger partial charge in [0, 0.05) is 18.3 Å². The number of fused-ring (bicyclic) bond motifs is 3. The van der Waals surface area contributed by atoms with Gasteiger partial charge in [-0.1, -0.05) is 18.3 Å². The number of hydrogen-bond acceptors (Lipinski definition) is 3. The first-order chi connectivity index (χ1) is 8.65. The molecule has 3 nitrogen and oxygen atoms in total. The molecule has 0 bridgehead atoms. The zero-order chi connectivity index (χ0) is 12.9. The minimum absolute atomic E-state index is 0.439. The van der Waals surface area contributed by atoms with Gasteiger partial charge < -0.3 is 8.82 Å². The number of pyridine rings is 1. The average molecular weight is 276 g/mol. The molecule has 0 aliphatic rings. The van der Waals surface area contributed by atoms with Gasteiger partial charge in [0.05, 0.1) is 5.52 Å². The second kappa shape index (κ2) is 4.03. The molecule has 0 saturated carbocycles. The van der Waals surface area contributed by atoms with Gasteiger partial charge in [0.25, 0.3) is 4.84 Å². The Hall–Kier alpha value is -1.46. The van der Waals surface area contributed by atoms with E-state index in [-0.39, 0.29) is 0 Å². The van der Waals surface area contributed by atoms with Crippen molar-refractivity contribution in [2.45, 2.75) is 20.4 Å². The van der Waals surface area contributed by atoms with Crippen LogP contribution in [0.25, 0.3) is 16.6 Å². The Morgan fingerprint density at radius 3 is 2.78 bits per heavy atom. The molecule has 0 N–H and O–H groups in total. The highest BCUT2D eigenvalue weighted by Gasteiger charge is 2.13. The van der Waals surface area contributed by atoms with Crippen molar-refractivity contribution in [2.75, 3.05) is 0 Å². The molecule has 0 spiro atoms. The summed E-state index contributed by atoms with van der Waals surface area (Å²) in [5.74, 6) is 0. The van der Waals surface area contributed by atoms with Crippen LogP contribution >= 0.6 is 24.4 Å². The summed E-state index contributed by atoms with van der Waals surface area (Å²) in [6.07, 6.45) is 2.00. The molecule has 0 aliphatic carbocycles. The molecule has 92 valence electrons. The number of hydrogen-bond donors (Lipinski definition) is 0. The van der Waals surface area contributed by atoms with Crippen molar-refractivity contribution in [3.63, 3.8) is 0 Å². The quantitative estimate of drug-likeness (QED) is 0.620. The molecule has 18 heavy (non-hydrogen) atoms. The minimum Gasteiger partial charge on any atom is -0.429 e. The molecule has 3 aromatic rings. The van der Waals surface area contributed by atoms with Crippen molar-refractivity contribution < 1.29 is 4.42 Å². The van der Waals surface area contributed by atoms with E-state index in [1.165, 1.54) is 0 Å². The van der Waals surface area contributed by atoms with E-state index < -0.39 is 0 Å². The smallest absolute Gasteiger partial charge is 0.270 e. The van der Waals surface area contributed by atoms with Crippen molar-refractivity contribution in [1.82, 2.24) is 8.97 Å². The van der Waals surface area contributed by atoms with Gasteiger partial charge in [0.15, 0.2) is 5.58 Å². The standard InChI is InChI=1S/C13H12N2OS2/c1-3-14-12(17)10-11(16-13(14)18)8(2)9-6-4-5-7-15(9)10/h4-7H,3H2,1-2H3. The fourth-order valence-corrected chi connectivity index (χ4v) is 3.06.